The van der Waals surface area contributed by atoms with Gasteiger partial charge in [0, 0.05) is 25.7 Å². The summed E-state index contributed by atoms with van der Waals surface area (Å²) in [6.45, 7) is 7.89. The Morgan fingerprint density at radius 1 is 1.19 bits per heavy atom. The van der Waals surface area contributed by atoms with Crippen LogP contribution < -0.4 is 5.43 Å². The number of hydrogen-bond donors (Lipinski definition) is 1. The van der Waals surface area contributed by atoms with Crippen molar-refractivity contribution in [1.82, 2.24) is 10.4 Å². The molecule has 0 aromatic carbocycles. The Morgan fingerprint density at radius 3 is 2.62 bits per heavy atom. The summed E-state index contributed by atoms with van der Waals surface area (Å²) in [5.74, 6) is 0.644. The van der Waals surface area contributed by atoms with Crippen molar-refractivity contribution in [2.45, 2.75) is 58.1 Å². The van der Waals surface area contributed by atoms with E-state index in [0.717, 1.165) is 6.61 Å². The summed E-state index contributed by atoms with van der Waals surface area (Å²) in [7, 11) is 0. The summed E-state index contributed by atoms with van der Waals surface area (Å²) in [6.07, 6.45) is 6.90. The van der Waals surface area contributed by atoms with E-state index in [-0.39, 0.29) is 0 Å². The second-order valence-corrected chi connectivity index (χ2v) is 5.55. The zero-order valence-electron chi connectivity index (χ0n) is 10.7. The van der Waals surface area contributed by atoms with Gasteiger partial charge < -0.3 is 4.74 Å². The number of rotatable bonds is 3. The molecule has 2 aliphatic rings. The highest BCUT2D eigenvalue weighted by Crippen LogP contribution is 2.21. The van der Waals surface area contributed by atoms with Gasteiger partial charge in [-0.15, -0.1) is 0 Å². The maximum absolute atomic E-state index is 5.80. The molecule has 2 aliphatic heterocycles. The molecule has 0 aromatic heterocycles. The van der Waals surface area contributed by atoms with Gasteiger partial charge >= 0.3 is 0 Å². The molecule has 0 spiro atoms. The van der Waals surface area contributed by atoms with Gasteiger partial charge in [-0.3, -0.25) is 5.43 Å². The van der Waals surface area contributed by atoms with Gasteiger partial charge in [-0.1, -0.05) is 20.3 Å². The van der Waals surface area contributed by atoms with E-state index in [1.165, 1.54) is 45.2 Å². The number of ether oxygens (including phenoxy) is 1. The lowest BCUT2D eigenvalue weighted by Crippen LogP contribution is -2.50. The number of nitrogens with one attached hydrogen (secondary N) is 1. The lowest BCUT2D eigenvalue weighted by molar-refractivity contribution is -0.0390. The summed E-state index contributed by atoms with van der Waals surface area (Å²) >= 11 is 0. The van der Waals surface area contributed by atoms with Gasteiger partial charge in [0.15, 0.2) is 0 Å². The van der Waals surface area contributed by atoms with Crippen LogP contribution in [0.25, 0.3) is 0 Å². The van der Waals surface area contributed by atoms with Gasteiger partial charge in [0.05, 0.1) is 6.10 Å². The molecule has 0 amide bonds. The highest BCUT2D eigenvalue weighted by molar-refractivity contribution is 4.78. The van der Waals surface area contributed by atoms with E-state index in [0.29, 0.717) is 18.1 Å². The molecule has 3 nitrogen and oxygen atoms in total. The molecule has 2 fully saturated rings. The molecule has 2 saturated heterocycles. The molecule has 0 bridgehead atoms. The van der Waals surface area contributed by atoms with Crippen LogP contribution in [0.5, 0.6) is 0 Å². The van der Waals surface area contributed by atoms with Crippen LogP contribution in [0.4, 0.5) is 0 Å². The van der Waals surface area contributed by atoms with Crippen LogP contribution in [-0.4, -0.2) is 36.9 Å². The predicted octanol–water partition coefficient (Wildman–Crippen LogP) is 2.18. The van der Waals surface area contributed by atoms with Gasteiger partial charge in [0.2, 0.25) is 0 Å². The zero-order valence-corrected chi connectivity index (χ0v) is 10.7. The Bertz CT molecular complexity index is 202. The molecule has 2 heterocycles. The minimum atomic E-state index is 0.455. The van der Waals surface area contributed by atoms with E-state index in [2.05, 4.69) is 24.3 Å². The van der Waals surface area contributed by atoms with E-state index < -0.39 is 0 Å². The fraction of sp³-hybridized carbons (Fsp3) is 1.00. The van der Waals surface area contributed by atoms with Crippen LogP contribution in [0.1, 0.15) is 46.0 Å². The summed E-state index contributed by atoms with van der Waals surface area (Å²) in [5.41, 5.74) is 3.70. The van der Waals surface area contributed by atoms with Crippen molar-refractivity contribution < 1.29 is 4.74 Å². The molecular weight excluding hydrogens is 200 g/mol. The Hall–Kier alpha value is -0.120. The van der Waals surface area contributed by atoms with E-state index in [4.69, 9.17) is 4.74 Å². The SMILES string of the molecule is CC(C)C1CC(NN2CCCCC2)CCO1. The third-order valence-corrected chi connectivity index (χ3v) is 3.78. The van der Waals surface area contributed by atoms with Crippen molar-refractivity contribution in [1.29, 1.82) is 0 Å². The first-order valence-corrected chi connectivity index (χ1v) is 6.88. The van der Waals surface area contributed by atoms with Crippen LogP contribution in [0.3, 0.4) is 0 Å². The highest BCUT2D eigenvalue weighted by Gasteiger charge is 2.26. The largest absolute Gasteiger partial charge is 0.378 e. The van der Waals surface area contributed by atoms with E-state index in [9.17, 15) is 0 Å². The van der Waals surface area contributed by atoms with Gasteiger partial charge in [-0.2, -0.15) is 0 Å². The first-order chi connectivity index (χ1) is 7.75. The number of hydrogen-bond acceptors (Lipinski definition) is 3. The quantitative estimate of drug-likeness (QED) is 0.798. The van der Waals surface area contributed by atoms with E-state index in [1.807, 2.05) is 0 Å². The highest BCUT2D eigenvalue weighted by atomic mass is 16.5. The van der Waals surface area contributed by atoms with Crippen LogP contribution >= 0.6 is 0 Å². The lowest BCUT2D eigenvalue weighted by atomic mass is 9.96. The van der Waals surface area contributed by atoms with Gasteiger partial charge in [0.25, 0.3) is 0 Å². The Labute approximate surface area is 99.5 Å². The average molecular weight is 226 g/mol. The minimum Gasteiger partial charge on any atom is -0.378 e. The molecule has 0 radical (unpaired) electrons. The predicted molar refractivity (Wildman–Crippen MR) is 66.2 cm³/mol. The third-order valence-electron chi connectivity index (χ3n) is 3.78. The molecule has 2 unspecified atom stereocenters. The number of piperidine rings is 1. The van der Waals surface area contributed by atoms with Gasteiger partial charge in [-0.05, 0) is 31.6 Å². The van der Waals surface area contributed by atoms with E-state index in [1.54, 1.807) is 0 Å². The van der Waals surface area contributed by atoms with Crippen molar-refractivity contribution in [3.8, 4) is 0 Å². The summed E-state index contributed by atoms with van der Waals surface area (Å²) in [4.78, 5) is 0. The molecule has 0 aliphatic carbocycles. The molecule has 2 rings (SSSR count). The smallest absolute Gasteiger partial charge is 0.0613 e. The van der Waals surface area contributed by atoms with Crippen LogP contribution in [0, 0.1) is 5.92 Å². The maximum atomic E-state index is 5.80. The topological polar surface area (TPSA) is 24.5 Å². The second-order valence-electron chi connectivity index (χ2n) is 5.55. The second kappa shape index (κ2) is 5.99. The standard InChI is InChI=1S/C13H26N2O/c1-11(2)13-10-12(6-9-16-13)14-15-7-4-3-5-8-15/h11-14H,3-10H2,1-2H3. The molecule has 1 N–H and O–H groups in total. The summed E-state index contributed by atoms with van der Waals surface area (Å²) < 4.78 is 5.80. The zero-order chi connectivity index (χ0) is 11.4. The lowest BCUT2D eigenvalue weighted by Gasteiger charge is -2.37. The minimum absolute atomic E-state index is 0.455. The van der Waals surface area contributed by atoms with Crippen molar-refractivity contribution in [2.24, 2.45) is 5.92 Å². The molecule has 2 atom stereocenters. The Kier molecular flexibility index (Phi) is 4.62. The summed E-state index contributed by atoms with van der Waals surface area (Å²) in [5, 5.41) is 2.43. The fourth-order valence-electron chi connectivity index (χ4n) is 2.69. The normalized spacial score (nSPS) is 33.2. The maximum Gasteiger partial charge on any atom is 0.0613 e. The average Bonchev–Trinajstić information content (AvgIpc) is 2.30. The van der Waals surface area contributed by atoms with Crippen LogP contribution in [0.2, 0.25) is 0 Å². The monoisotopic (exact) mass is 226 g/mol. The number of nitrogens with zero attached hydrogens (tertiary/aromatic N) is 1. The fourth-order valence-corrected chi connectivity index (χ4v) is 2.69. The number of hydrazine groups is 1. The van der Waals surface area contributed by atoms with Crippen LogP contribution in [-0.2, 0) is 4.74 Å². The molecular formula is C13H26N2O. The van der Waals surface area contributed by atoms with Gasteiger partial charge in [-0.25, -0.2) is 5.01 Å². The first-order valence-electron chi connectivity index (χ1n) is 6.88. The van der Waals surface area contributed by atoms with Gasteiger partial charge in [0.1, 0.15) is 0 Å². The molecule has 94 valence electrons. The van der Waals surface area contributed by atoms with Crippen molar-refractivity contribution in [3.63, 3.8) is 0 Å². The first kappa shape index (κ1) is 12.3. The molecule has 0 aromatic rings. The third kappa shape index (κ3) is 3.44. The summed E-state index contributed by atoms with van der Waals surface area (Å²) in [6, 6.07) is 0.638. The van der Waals surface area contributed by atoms with Crippen LogP contribution in [0.15, 0.2) is 0 Å². The molecule has 0 saturated carbocycles. The molecule has 3 heteroatoms. The Balaban J connectivity index is 1.75. The molecule has 16 heavy (non-hydrogen) atoms. The van der Waals surface area contributed by atoms with E-state index >= 15 is 0 Å². The van der Waals surface area contributed by atoms with Crippen molar-refractivity contribution >= 4 is 0 Å². The van der Waals surface area contributed by atoms with Crippen molar-refractivity contribution in [3.05, 3.63) is 0 Å². The van der Waals surface area contributed by atoms with Crippen molar-refractivity contribution in [2.75, 3.05) is 19.7 Å². The Morgan fingerprint density at radius 2 is 1.94 bits per heavy atom.